The van der Waals surface area contributed by atoms with Crippen molar-refractivity contribution in [2.24, 2.45) is 46.4 Å². The Morgan fingerprint density at radius 3 is 2.84 bits per heavy atom. The third kappa shape index (κ3) is 3.15. The van der Waals surface area contributed by atoms with Crippen LogP contribution in [0.5, 0.6) is 0 Å². The summed E-state index contributed by atoms with van der Waals surface area (Å²) < 4.78 is 12.0. The predicted octanol–water partition coefficient (Wildman–Crippen LogP) is 2.91. The van der Waals surface area contributed by atoms with Gasteiger partial charge in [0.15, 0.2) is 0 Å². The lowest BCUT2D eigenvalue weighted by atomic mass is 9.70. The summed E-state index contributed by atoms with van der Waals surface area (Å²) in [6, 6.07) is 7.88. The SMILES string of the molecule is CON1C(=O)[C@@]2(C[C@H]3N=C([C@H](C)C[C@@H]4C(=O)OC[C@H]5[C@@H]4[C@@H](O)C[C@@H]5C)[C@H]4C[C@H]2OC[C@H]43)c2ccccc21. The lowest BCUT2D eigenvalue weighted by molar-refractivity contribution is -0.164. The van der Waals surface area contributed by atoms with E-state index in [0.717, 1.165) is 29.8 Å². The number of fused-ring (bicyclic) bond motifs is 3. The highest BCUT2D eigenvalue weighted by atomic mass is 16.7. The number of nitrogens with zero attached hydrogens (tertiary/aromatic N) is 2. The number of aliphatic imine (C=N–C) groups is 1. The van der Waals surface area contributed by atoms with Gasteiger partial charge in [0.05, 0.1) is 50.2 Å². The first-order chi connectivity index (χ1) is 17.8. The molecule has 1 amide bonds. The van der Waals surface area contributed by atoms with Crippen molar-refractivity contribution in [3.05, 3.63) is 29.8 Å². The first-order valence-electron chi connectivity index (χ1n) is 13.9. The van der Waals surface area contributed by atoms with Gasteiger partial charge in [-0.25, -0.2) is 0 Å². The number of cyclic esters (lactones) is 1. The maximum atomic E-state index is 13.9. The standard InChI is InChI=1S/C29H36N2O6/c1-14-9-23(32)25-17(27(33)37-12-18(14)25)8-15(2)26-16-10-24-29(11-21(30-26)19(16)13-36-24)20-6-4-5-7-22(20)31(35-3)28(29)34/h4-7,14-19,21,23-25,32H,8-13H2,1-3H3/t14-,15+,16-,17-,18+,19+,21+,23-,24+,25+,29-/m0/s1. The molecule has 1 aromatic rings. The normalized spacial score (nSPS) is 44.5. The number of hydrogen-bond donors (Lipinski definition) is 1. The topological polar surface area (TPSA) is 97.7 Å². The molecule has 0 radical (unpaired) electrons. The van der Waals surface area contributed by atoms with Gasteiger partial charge in [-0.05, 0) is 49.1 Å². The van der Waals surface area contributed by atoms with Crippen LogP contribution in [0.1, 0.15) is 45.1 Å². The van der Waals surface area contributed by atoms with Gasteiger partial charge in [-0.15, -0.1) is 0 Å². The number of hydroxylamine groups is 1. The Hall–Kier alpha value is -2.29. The predicted molar refractivity (Wildman–Crippen MR) is 135 cm³/mol. The molecule has 8 rings (SSSR count). The van der Waals surface area contributed by atoms with Gasteiger partial charge in [0.1, 0.15) is 5.41 Å². The zero-order valence-corrected chi connectivity index (χ0v) is 21.7. The van der Waals surface area contributed by atoms with Crippen molar-refractivity contribution in [1.29, 1.82) is 0 Å². The fourth-order valence-corrected chi connectivity index (χ4v) is 8.95. The summed E-state index contributed by atoms with van der Waals surface area (Å²) in [5.74, 6) is 0.628. The second-order valence-corrected chi connectivity index (χ2v) is 12.3. The van der Waals surface area contributed by atoms with Crippen LogP contribution in [0.4, 0.5) is 5.69 Å². The van der Waals surface area contributed by atoms with Gasteiger partial charge in [-0.3, -0.25) is 19.4 Å². The monoisotopic (exact) mass is 508 g/mol. The Morgan fingerprint density at radius 2 is 2.03 bits per heavy atom. The molecule has 37 heavy (non-hydrogen) atoms. The Kier molecular flexibility index (Phi) is 5.37. The van der Waals surface area contributed by atoms with Crippen LogP contribution < -0.4 is 5.06 Å². The molecule has 1 aromatic carbocycles. The van der Waals surface area contributed by atoms with Crippen LogP contribution in [-0.2, 0) is 29.3 Å². The van der Waals surface area contributed by atoms with E-state index >= 15 is 0 Å². The number of aliphatic hydroxyl groups excluding tert-OH is 1. The third-order valence-corrected chi connectivity index (χ3v) is 10.7. The van der Waals surface area contributed by atoms with Gasteiger partial charge in [-0.1, -0.05) is 32.0 Å². The second kappa shape index (κ2) is 8.35. The van der Waals surface area contributed by atoms with E-state index in [4.69, 9.17) is 19.3 Å². The molecule has 5 fully saturated rings. The molecule has 2 aliphatic carbocycles. The van der Waals surface area contributed by atoms with Gasteiger partial charge < -0.3 is 14.6 Å². The molecule has 8 heteroatoms. The zero-order valence-electron chi connectivity index (χ0n) is 21.7. The number of carbonyl (C=O) groups excluding carboxylic acids is 2. The van der Waals surface area contributed by atoms with Crippen molar-refractivity contribution in [3.63, 3.8) is 0 Å². The fraction of sp³-hybridized carbons (Fsp3) is 0.690. The van der Waals surface area contributed by atoms with E-state index in [1.165, 1.54) is 12.2 Å². The van der Waals surface area contributed by atoms with Crippen molar-refractivity contribution in [1.82, 2.24) is 0 Å². The number of esters is 1. The molecular formula is C29H36N2O6. The first-order valence-corrected chi connectivity index (χ1v) is 13.9. The van der Waals surface area contributed by atoms with E-state index in [9.17, 15) is 14.7 Å². The number of carbonyl (C=O) groups is 2. The number of rotatable bonds is 4. The molecular weight excluding hydrogens is 472 g/mol. The molecule has 11 atom stereocenters. The fourth-order valence-electron chi connectivity index (χ4n) is 8.95. The van der Waals surface area contributed by atoms with Gasteiger partial charge in [0.2, 0.25) is 0 Å². The van der Waals surface area contributed by atoms with E-state index in [2.05, 4.69) is 13.8 Å². The van der Waals surface area contributed by atoms with Gasteiger partial charge in [0.25, 0.3) is 5.91 Å². The van der Waals surface area contributed by atoms with Crippen molar-refractivity contribution in [2.75, 3.05) is 25.4 Å². The Morgan fingerprint density at radius 1 is 1.22 bits per heavy atom. The molecule has 7 aliphatic rings. The van der Waals surface area contributed by atoms with Crippen molar-refractivity contribution in [3.8, 4) is 0 Å². The lowest BCUT2D eigenvalue weighted by Crippen LogP contribution is -2.51. The largest absolute Gasteiger partial charge is 0.465 e. The highest BCUT2D eigenvalue weighted by Crippen LogP contribution is 2.57. The summed E-state index contributed by atoms with van der Waals surface area (Å²) in [7, 11) is 1.54. The van der Waals surface area contributed by atoms with E-state index in [1.807, 2.05) is 24.3 Å². The first kappa shape index (κ1) is 23.8. The molecule has 8 nitrogen and oxygen atoms in total. The molecule has 2 saturated carbocycles. The number of anilines is 1. The van der Waals surface area contributed by atoms with Crippen LogP contribution in [0, 0.1) is 41.4 Å². The Bertz CT molecular complexity index is 1170. The quantitative estimate of drug-likeness (QED) is 0.628. The van der Waals surface area contributed by atoms with Gasteiger partial charge >= 0.3 is 5.97 Å². The number of amides is 1. The maximum absolute atomic E-state index is 13.9. The van der Waals surface area contributed by atoms with E-state index in [1.54, 1.807) is 0 Å². The van der Waals surface area contributed by atoms with Crippen LogP contribution in [0.25, 0.3) is 0 Å². The number of aliphatic hydroxyl groups is 1. The lowest BCUT2D eigenvalue weighted by Gasteiger charge is -2.40. The van der Waals surface area contributed by atoms with Crippen LogP contribution in [0.3, 0.4) is 0 Å². The van der Waals surface area contributed by atoms with Crippen LogP contribution >= 0.6 is 0 Å². The average molecular weight is 509 g/mol. The highest BCUT2D eigenvalue weighted by molar-refractivity contribution is 6.07. The summed E-state index contributed by atoms with van der Waals surface area (Å²) in [5, 5.41) is 12.2. The van der Waals surface area contributed by atoms with Crippen molar-refractivity contribution >= 4 is 23.3 Å². The second-order valence-electron chi connectivity index (χ2n) is 12.3. The number of ether oxygens (including phenoxy) is 2. The molecule has 0 unspecified atom stereocenters. The summed E-state index contributed by atoms with van der Waals surface area (Å²) >= 11 is 0. The van der Waals surface area contributed by atoms with Crippen LogP contribution in [-0.4, -0.2) is 61.3 Å². The third-order valence-electron chi connectivity index (χ3n) is 10.7. The summed E-state index contributed by atoms with van der Waals surface area (Å²) in [6.45, 7) is 5.34. The average Bonchev–Trinajstić information content (AvgIpc) is 3.39. The van der Waals surface area contributed by atoms with Gasteiger partial charge in [-0.2, -0.15) is 5.06 Å². The molecule has 4 bridgehead atoms. The molecule has 3 saturated heterocycles. The highest BCUT2D eigenvalue weighted by Gasteiger charge is 2.64. The Balaban J connectivity index is 1.19. The van der Waals surface area contributed by atoms with Crippen LogP contribution in [0.2, 0.25) is 0 Å². The molecule has 5 aliphatic heterocycles. The minimum Gasteiger partial charge on any atom is -0.465 e. The molecule has 1 spiro atoms. The molecule has 1 N–H and O–H groups in total. The zero-order chi connectivity index (χ0) is 25.6. The summed E-state index contributed by atoms with van der Waals surface area (Å²) in [6.07, 6.45) is 2.04. The van der Waals surface area contributed by atoms with E-state index in [0.29, 0.717) is 32.0 Å². The number of hydrogen-bond acceptors (Lipinski definition) is 7. The van der Waals surface area contributed by atoms with Crippen molar-refractivity contribution in [2.45, 2.75) is 63.2 Å². The smallest absolute Gasteiger partial charge is 0.309 e. The number of benzene rings is 1. The molecule has 0 aromatic heterocycles. The Labute approximate surface area is 217 Å². The van der Waals surface area contributed by atoms with Crippen molar-refractivity contribution < 1.29 is 29.0 Å². The minimum absolute atomic E-state index is 0.00749. The number of para-hydroxylation sites is 1. The molecule has 198 valence electrons. The summed E-state index contributed by atoms with van der Waals surface area (Å²) in [5.41, 5.74) is 2.15. The van der Waals surface area contributed by atoms with Crippen LogP contribution in [0.15, 0.2) is 29.3 Å². The van der Waals surface area contributed by atoms with Gasteiger partial charge in [0, 0.05) is 29.4 Å². The molecule has 5 heterocycles. The van der Waals surface area contributed by atoms with E-state index in [-0.39, 0.29) is 59.5 Å². The van der Waals surface area contributed by atoms with E-state index < -0.39 is 11.5 Å². The summed E-state index contributed by atoms with van der Waals surface area (Å²) in [4.78, 5) is 37.6. The minimum atomic E-state index is -0.788. The maximum Gasteiger partial charge on any atom is 0.309 e.